The zero-order valence-electron chi connectivity index (χ0n) is 20.4. The number of carbonyl (C=O) groups is 1. The van der Waals surface area contributed by atoms with Gasteiger partial charge in [0, 0.05) is 49.1 Å². The predicted octanol–water partition coefficient (Wildman–Crippen LogP) is 4.77. The molecule has 0 unspecified atom stereocenters. The molecule has 4 heterocycles. The Hall–Kier alpha value is -3.42. The molecule has 0 spiro atoms. The van der Waals surface area contributed by atoms with Gasteiger partial charge in [-0.2, -0.15) is 0 Å². The van der Waals surface area contributed by atoms with Crippen LogP contribution < -0.4 is 5.32 Å². The quantitative estimate of drug-likeness (QED) is 0.412. The van der Waals surface area contributed by atoms with Crippen LogP contribution in [-0.4, -0.2) is 44.6 Å². The highest BCUT2D eigenvalue weighted by Gasteiger charge is 2.34. The van der Waals surface area contributed by atoms with Crippen molar-refractivity contribution in [3.8, 4) is 5.82 Å². The number of hydrogen-bond donors (Lipinski definition) is 2. The summed E-state index contributed by atoms with van der Waals surface area (Å²) in [6.45, 7) is 2.39. The van der Waals surface area contributed by atoms with Gasteiger partial charge in [0.2, 0.25) is 0 Å². The molecule has 1 amide bonds. The molecule has 1 aliphatic carbocycles. The largest absolute Gasteiger partial charge is 0.451 e. The summed E-state index contributed by atoms with van der Waals surface area (Å²) in [4.78, 5) is 19.5. The second-order valence-electron chi connectivity index (χ2n) is 10.2. The molecule has 0 radical (unpaired) electrons. The van der Waals surface area contributed by atoms with E-state index in [0.717, 1.165) is 49.2 Å². The molecular weight excluding hydrogens is 452 g/mol. The van der Waals surface area contributed by atoms with E-state index in [1.165, 1.54) is 18.5 Å². The minimum atomic E-state index is -0.892. The summed E-state index contributed by atoms with van der Waals surface area (Å²) in [7, 11) is 0. The van der Waals surface area contributed by atoms with Crippen LogP contribution in [0.2, 0.25) is 0 Å². The summed E-state index contributed by atoms with van der Waals surface area (Å²) in [5.74, 6) is 1.10. The summed E-state index contributed by atoms with van der Waals surface area (Å²) in [5.41, 5.74) is 1.85. The van der Waals surface area contributed by atoms with Crippen molar-refractivity contribution in [3.05, 3.63) is 84.0 Å². The van der Waals surface area contributed by atoms with E-state index in [1.54, 1.807) is 6.07 Å². The van der Waals surface area contributed by atoms with Crippen molar-refractivity contribution in [1.82, 2.24) is 19.8 Å². The van der Waals surface area contributed by atoms with Gasteiger partial charge in [-0.3, -0.25) is 9.69 Å². The Morgan fingerprint density at radius 3 is 2.69 bits per heavy atom. The first-order valence-electron chi connectivity index (χ1n) is 12.9. The van der Waals surface area contributed by atoms with Gasteiger partial charge in [-0.05, 0) is 73.7 Å². The first-order chi connectivity index (χ1) is 17.6. The molecule has 7 nitrogen and oxygen atoms in total. The number of nitrogens with zero attached hydrogens (tertiary/aromatic N) is 3. The Morgan fingerprint density at radius 1 is 1.08 bits per heavy atom. The molecule has 186 valence electrons. The van der Waals surface area contributed by atoms with Crippen molar-refractivity contribution in [2.24, 2.45) is 0 Å². The maximum Gasteiger partial charge on any atom is 0.287 e. The van der Waals surface area contributed by atoms with Crippen LogP contribution in [0.4, 0.5) is 0 Å². The molecule has 36 heavy (non-hydrogen) atoms. The van der Waals surface area contributed by atoms with Crippen molar-refractivity contribution in [3.63, 3.8) is 0 Å². The molecule has 0 bridgehead atoms. The van der Waals surface area contributed by atoms with Crippen LogP contribution in [0.1, 0.15) is 60.3 Å². The van der Waals surface area contributed by atoms with Crippen LogP contribution in [-0.2, 0) is 12.1 Å². The van der Waals surface area contributed by atoms with Gasteiger partial charge in [0.1, 0.15) is 11.4 Å². The Labute approximate surface area is 210 Å². The molecule has 1 saturated carbocycles. The number of piperidine rings is 1. The summed E-state index contributed by atoms with van der Waals surface area (Å²) in [6.07, 6.45) is 9.56. The molecule has 1 saturated heterocycles. The van der Waals surface area contributed by atoms with Crippen LogP contribution >= 0.6 is 0 Å². The highest BCUT2D eigenvalue weighted by atomic mass is 16.3. The number of carbonyl (C=O) groups excluding carboxylic acids is 1. The van der Waals surface area contributed by atoms with Gasteiger partial charge >= 0.3 is 0 Å². The van der Waals surface area contributed by atoms with E-state index in [1.807, 2.05) is 54.9 Å². The number of hydrogen-bond acceptors (Lipinski definition) is 5. The smallest absolute Gasteiger partial charge is 0.287 e. The van der Waals surface area contributed by atoms with E-state index >= 15 is 0 Å². The van der Waals surface area contributed by atoms with E-state index in [2.05, 4.69) is 25.8 Å². The van der Waals surface area contributed by atoms with Crippen molar-refractivity contribution in [2.45, 2.75) is 56.7 Å². The molecule has 7 heteroatoms. The van der Waals surface area contributed by atoms with Gasteiger partial charge in [0.25, 0.3) is 5.91 Å². The Balaban J connectivity index is 1.12. The van der Waals surface area contributed by atoms with Gasteiger partial charge < -0.3 is 19.4 Å². The number of aliphatic hydroxyl groups is 1. The van der Waals surface area contributed by atoms with Crippen molar-refractivity contribution in [1.29, 1.82) is 0 Å². The minimum Gasteiger partial charge on any atom is -0.451 e. The first-order valence-corrected chi connectivity index (χ1v) is 12.9. The van der Waals surface area contributed by atoms with Gasteiger partial charge in [0.15, 0.2) is 5.76 Å². The molecule has 0 atom stereocenters. The van der Waals surface area contributed by atoms with E-state index in [-0.39, 0.29) is 11.9 Å². The summed E-state index contributed by atoms with van der Waals surface area (Å²) >= 11 is 0. The zero-order valence-corrected chi connectivity index (χ0v) is 20.4. The lowest BCUT2D eigenvalue weighted by Crippen LogP contribution is -2.42. The maximum absolute atomic E-state index is 12.6. The Bertz CT molecular complexity index is 1350. The fourth-order valence-electron chi connectivity index (χ4n) is 5.64. The summed E-state index contributed by atoms with van der Waals surface area (Å²) in [6, 6.07) is 17.9. The topological polar surface area (TPSA) is 83.5 Å². The van der Waals surface area contributed by atoms with Crippen LogP contribution in [0.25, 0.3) is 16.8 Å². The number of furan rings is 1. The third-order valence-electron chi connectivity index (χ3n) is 7.77. The number of amides is 1. The second-order valence-corrected chi connectivity index (χ2v) is 10.2. The first kappa shape index (κ1) is 23.0. The van der Waals surface area contributed by atoms with Gasteiger partial charge in [0.05, 0.1) is 5.60 Å². The Kier molecular flexibility index (Phi) is 6.11. The molecule has 1 aliphatic heterocycles. The molecule has 2 fully saturated rings. The molecule has 2 N–H and O–H groups in total. The minimum absolute atomic E-state index is 0.151. The van der Waals surface area contributed by atoms with E-state index in [4.69, 9.17) is 4.42 Å². The third kappa shape index (κ3) is 4.56. The fraction of sp³-hybridized carbons (Fsp3) is 0.379. The van der Waals surface area contributed by atoms with Gasteiger partial charge in [-0.25, -0.2) is 4.98 Å². The zero-order chi connectivity index (χ0) is 24.5. The molecule has 2 aliphatic rings. The lowest BCUT2D eigenvalue weighted by Gasteiger charge is -2.38. The third-order valence-corrected chi connectivity index (χ3v) is 7.77. The number of pyridine rings is 1. The van der Waals surface area contributed by atoms with E-state index in [0.29, 0.717) is 24.2 Å². The summed E-state index contributed by atoms with van der Waals surface area (Å²) < 4.78 is 7.95. The maximum atomic E-state index is 12.6. The van der Waals surface area contributed by atoms with Crippen molar-refractivity contribution in [2.75, 3.05) is 13.1 Å². The van der Waals surface area contributed by atoms with E-state index < -0.39 is 5.60 Å². The number of rotatable bonds is 6. The van der Waals surface area contributed by atoms with Gasteiger partial charge in [-0.1, -0.05) is 25.0 Å². The number of benzene rings is 1. The highest BCUT2D eigenvalue weighted by molar-refractivity contribution is 5.96. The number of fused-ring (bicyclic) bond motifs is 1. The monoisotopic (exact) mass is 484 g/mol. The standard InChI is InChI=1S/C29H32N4O3/c34-28(31-23-6-1-2-7-23)26-19-21-18-22(10-11-25(21)36-26)29(35)12-16-32(17-13-29)20-24-8-5-15-33(24)27-9-3-4-14-30-27/h3-5,8-11,14-15,18-19,23,35H,1-2,6-7,12-13,16-17,20H2,(H,31,34). The van der Waals surface area contributed by atoms with Crippen molar-refractivity contribution >= 4 is 16.9 Å². The summed E-state index contributed by atoms with van der Waals surface area (Å²) in [5, 5.41) is 15.5. The molecule has 3 aromatic heterocycles. The lowest BCUT2D eigenvalue weighted by atomic mass is 9.84. The molecule has 6 rings (SSSR count). The fourth-order valence-corrected chi connectivity index (χ4v) is 5.64. The number of nitrogens with one attached hydrogen (secondary N) is 1. The van der Waals surface area contributed by atoms with Crippen LogP contribution in [0.15, 0.2) is 71.4 Å². The lowest BCUT2D eigenvalue weighted by molar-refractivity contribution is -0.0279. The molecule has 1 aromatic carbocycles. The average Bonchev–Trinajstić information content (AvgIpc) is 3.67. The normalized spacial score (nSPS) is 18.6. The van der Waals surface area contributed by atoms with Gasteiger partial charge in [-0.15, -0.1) is 0 Å². The van der Waals surface area contributed by atoms with Crippen LogP contribution in [0, 0.1) is 0 Å². The van der Waals surface area contributed by atoms with Crippen LogP contribution in [0.5, 0.6) is 0 Å². The predicted molar refractivity (Wildman–Crippen MR) is 138 cm³/mol. The molecular formula is C29H32N4O3. The van der Waals surface area contributed by atoms with Crippen molar-refractivity contribution < 1.29 is 14.3 Å². The Morgan fingerprint density at radius 2 is 1.92 bits per heavy atom. The molecule has 4 aromatic rings. The SMILES string of the molecule is O=C(NC1CCCC1)c1cc2cc(C3(O)CCN(Cc4cccn4-c4ccccn4)CC3)ccc2o1. The highest BCUT2D eigenvalue weighted by Crippen LogP contribution is 2.35. The number of aromatic nitrogens is 2. The van der Waals surface area contributed by atoms with E-state index in [9.17, 15) is 9.90 Å². The average molecular weight is 485 g/mol. The van der Waals surface area contributed by atoms with Crippen LogP contribution in [0.3, 0.4) is 0 Å². The number of likely N-dealkylation sites (tertiary alicyclic amines) is 1. The second kappa shape index (κ2) is 9.56.